The molecule has 5 heteroatoms. The molecule has 0 fully saturated rings. The van der Waals surface area contributed by atoms with E-state index in [9.17, 15) is 13.2 Å². The van der Waals surface area contributed by atoms with E-state index in [1.54, 1.807) is 19.9 Å². The summed E-state index contributed by atoms with van der Waals surface area (Å²) in [5.74, 6) is 0. The highest BCUT2D eigenvalue weighted by atomic mass is 79.9. The summed E-state index contributed by atoms with van der Waals surface area (Å²) >= 11 is 3.19. The van der Waals surface area contributed by atoms with E-state index >= 15 is 0 Å². The molecule has 0 aliphatic heterocycles. The second-order valence-electron chi connectivity index (χ2n) is 3.35. The van der Waals surface area contributed by atoms with Gasteiger partial charge in [-0.05, 0) is 30.5 Å². The molecule has 15 heavy (non-hydrogen) atoms. The van der Waals surface area contributed by atoms with Gasteiger partial charge in [0, 0.05) is 4.47 Å². The summed E-state index contributed by atoms with van der Waals surface area (Å²) in [5, 5.41) is 9.11. The van der Waals surface area contributed by atoms with Crippen LogP contribution >= 0.6 is 15.9 Å². The van der Waals surface area contributed by atoms with Crippen molar-refractivity contribution in [3.63, 3.8) is 0 Å². The lowest BCUT2D eigenvalue weighted by Gasteiger charge is -2.18. The molecular weight excluding hydrogens is 273 g/mol. The van der Waals surface area contributed by atoms with Crippen molar-refractivity contribution in [3.8, 4) is 0 Å². The molecule has 0 aromatic heterocycles. The maximum absolute atomic E-state index is 12.3. The molecule has 84 valence electrons. The zero-order valence-corrected chi connectivity index (χ0v) is 9.78. The van der Waals surface area contributed by atoms with Gasteiger partial charge < -0.3 is 5.11 Å². The lowest BCUT2D eigenvalue weighted by molar-refractivity contribution is -0.207. The minimum atomic E-state index is -4.63. The second-order valence-corrected chi connectivity index (χ2v) is 4.15. The van der Waals surface area contributed by atoms with E-state index in [0.717, 1.165) is 5.56 Å². The van der Waals surface area contributed by atoms with Gasteiger partial charge in [-0.3, -0.25) is 0 Å². The molecule has 0 spiro atoms. The molecule has 1 aromatic carbocycles. The van der Waals surface area contributed by atoms with E-state index in [-0.39, 0.29) is 5.56 Å². The van der Waals surface area contributed by atoms with E-state index in [2.05, 4.69) is 15.9 Å². The highest BCUT2D eigenvalue weighted by molar-refractivity contribution is 9.10. The van der Waals surface area contributed by atoms with Gasteiger partial charge in [0.1, 0.15) is 0 Å². The zero-order valence-electron chi connectivity index (χ0n) is 8.19. The van der Waals surface area contributed by atoms with E-state index in [1.807, 2.05) is 0 Å². The van der Waals surface area contributed by atoms with Crippen LogP contribution < -0.4 is 0 Å². The van der Waals surface area contributed by atoms with E-state index in [0.29, 0.717) is 10.0 Å². The molecular formula is C10H10BrF3O. The predicted molar refractivity (Wildman–Crippen MR) is 54.6 cm³/mol. The fourth-order valence-electron chi connectivity index (χ4n) is 1.31. The van der Waals surface area contributed by atoms with Crippen molar-refractivity contribution >= 4 is 15.9 Å². The van der Waals surface area contributed by atoms with Gasteiger partial charge in [0.2, 0.25) is 0 Å². The Morgan fingerprint density at radius 3 is 2.27 bits per heavy atom. The Morgan fingerprint density at radius 1 is 1.27 bits per heavy atom. The SMILES string of the molecule is Cc1ccc(C(O)C(F)(F)F)c(C)c1Br. The highest BCUT2D eigenvalue weighted by Crippen LogP contribution is 2.36. The molecule has 0 radical (unpaired) electrons. The van der Waals surface area contributed by atoms with Gasteiger partial charge in [-0.25, -0.2) is 0 Å². The van der Waals surface area contributed by atoms with E-state index in [1.165, 1.54) is 6.07 Å². The maximum atomic E-state index is 12.3. The summed E-state index contributed by atoms with van der Waals surface area (Å²) < 4.78 is 37.4. The van der Waals surface area contributed by atoms with Crippen LogP contribution in [0.5, 0.6) is 0 Å². The smallest absolute Gasteiger partial charge is 0.379 e. The van der Waals surface area contributed by atoms with Crippen LogP contribution in [0.25, 0.3) is 0 Å². The minimum Gasteiger partial charge on any atom is -0.379 e. The molecule has 1 N–H and O–H groups in total. The molecule has 0 bridgehead atoms. The molecule has 1 atom stereocenters. The molecule has 0 saturated carbocycles. The lowest BCUT2D eigenvalue weighted by atomic mass is 10.0. The molecule has 0 aliphatic rings. The largest absolute Gasteiger partial charge is 0.418 e. The van der Waals surface area contributed by atoms with Crippen molar-refractivity contribution in [1.82, 2.24) is 0 Å². The molecule has 0 saturated heterocycles. The molecule has 1 aromatic rings. The lowest BCUT2D eigenvalue weighted by Crippen LogP contribution is -2.21. The summed E-state index contributed by atoms with van der Waals surface area (Å²) in [6, 6.07) is 2.84. The van der Waals surface area contributed by atoms with Crippen molar-refractivity contribution in [1.29, 1.82) is 0 Å². The third-order valence-electron chi connectivity index (χ3n) is 2.23. The monoisotopic (exact) mass is 282 g/mol. The van der Waals surface area contributed by atoms with E-state index in [4.69, 9.17) is 5.11 Å². The van der Waals surface area contributed by atoms with Crippen LogP contribution in [0.4, 0.5) is 13.2 Å². The first-order valence-corrected chi connectivity index (χ1v) is 5.05. The van der Waals surface area contributed by atoms with Crippen LogP contribution in [-0.4, -0.2) is 11.3 Å². The second kappa shape index (κ2) is 4.14. The number of alkyl halides is 3. The average Bonchev–Trinajstić information content (AvgIpc) is 2.12. The molecule has 1 unspecified atom stereocenters. The van der Waals surface area contributed by atoms with Gasteiger partial charge in [-0.15, -0.1) is 0 Å². The molecule has 0 amide bonds. The van der Waals surface area contributed by atoms with Gasteiger partial charge in [0.15, 0.2) is 6.10 Å². The van der Waals surface area contributed by atoms with Gasteiger partial charge >= 0.3 is 6.18 Å². The maximum Gasteiger partial charge on any atom is 0.418 e. The van der Waals surface area contributed by atoms with Crippen LogP contribution in [-0.2, 0) is 0 Å². The Labute approximate surface area is 94.0 Å². The Balaban J connectivity index is 3.23. The number of halogens is 4. The number of aryl methyl sites for hydroxylation is 1. The van der Waals surface area contributed by atoms with Crippen molar-refractivity contribution in [3.05, 3.63) is 33.3 Å². The topological polar surface area (TPSA) is 20.2 Å². The number of aliphatic hydroxyl groups excluding tert-OH is 1. The van der Waals surface area contributed by atoms with Gasteiger partial charge in [0.05, 0.1) is 0 Å². The summed E-state index contributed by atoms with van der Waals surface area (Å²) in [5.41, 5.74) is 1.14. The van der Waals surface area contributed by atoms with Gasteiger partial charge in [-0.1, -0.05) is 28.1 Å². The molecule has 1 rings (SSSR count). The number of hydrogen-bond donors (Lipinski definition) is 1. The van der Waals surface area contributed by atoms with Crippen molar-refractivity contribution in [2.24, 2.45) is 0 Å². The van der Waals surface area contributed by atoms with Crippen LogP contribution in [0.3, 0.4) is 0 Å². The highest BCUT2D eigenvalue weighted by Gasteiger charge is 2.40. The first kappa shape index (κ1) is 12.5. The predicted octanol–water partition coefficient (Wildman–Crippen LogP) is 3.66. The van der Waals surface area contributed by atoms with Crippen molar-refractivity contribution in [2.75, 3.05) is 0 Å². The fraction of sp³-hybridized carbons (Fsp3) is 0.400. The third-order valence-corrected chi connectivity index (χ3v) is 3.45. The molecule has 0 heterocycles. The molecule has 1 nitrogen and oxygen atoms in total. The summed E-state index contributed by atoms with van der Waals surface area (Å²) in [4.78, 5) is 0. The first-order valence-electron chi connectivity index (χ1n) is 4.25. The number of rotatable bonds is 1. The molecule has 0 aliphatic carbocycles. The average molecular weight is 283 g/mol. The zero-order chi connectivity index (χ0) is 11.8. The number of aliphatic hydroxyl groups is 1. The summed E-state index contributed by atoms with van der Waals surface area (Å²) in [7, 11) is 0. The Bertz CT molecular complexity index is 374. The van der Waals surface area contributed by atoms with Gasteiger partial charge in [-0.2, -0.15) is 13.2 Å². The van der Waals surface area contributed by atoms with Crippen molar-refractivity contribution in [2.45, 2.75) is 26.1 Å². The standard InChI is InChI=1S/C10H10BrF3O/c1-5-3-4-7(6(2)8(5)11)9(15)10(12,13)14/h3-4,9,15H,1-2H3. The van der Waals surface area contributed by atoms with Crippen LogP contribution in [0.1, 0.15) is 22.8 Å². The van der Waals surface area contributed by atoms with Crippen LogP contribution in [0.15, 0.2) is 16.6 Å². The minimum absolute atomic E-state index is 0.111. The first-order chi connectivity index (χ1) is 6.75. The Hall–Kier alpha value is -0.550. The van der Waals surface area contributed by atoms with E-state index < -0.39 is 12.3 Å². The summed E-state index contributed by atoms with van der Waals surface area (Å²) in [6.07, 6.45) is -7.05. The normalized spacial score (nSPS) is 14.1. The summed E-state index contributed by atoms with van der Waals surface area (Å²) in [6.45, 7) is 3.32. The van der Waals surface area contributed by atoms with Gasteiger partial charge in [0.25, 0.3) is 0 Å². The van der Waals surface area contributed by atoms with Crippen LogP contribution in [0, 0.1) is 13.8 Å². The Morgan fingerprint density at radius 2 is 1.80 bits per heavy atom. The third kappa shape index (κ3) is 2.52. The number of benzene rings is 1. The fourth-order valence-corrected chi connectivity index (χ4v) is 1.67. The van der Waals surface area contributed by atoms with Crippen LogP contribution in [0.2, 0.25) is 0 Å². The Kier molecular flexibility index (Phi) is 3.45. The number of hydrogen-bond acceptors (Lipinski definition) is 1. The van der Waals surface area contributed by atoms with Crippen molar-refractivity contribution < 1.29 is 18.3 Å². The quantitative estimate of drug-likeness (QED) is 0.834.